The van der Waals surface area contributed by atoms with E-state index in [-0.39, 0.29) is 18.4 Å². The van der Waals surface area contributed by atoms with E-state index in [1.54, 1.807) is 0 Å². The van der Waals surface area contributed by atoms with Crippen LogP contribution in [0.3, 0.4) is 0 Å². The summed E-state index contributed by atoms with van der Waals surface area (Å²) in [4.78, 5) is 23.0. The van der Waals surface area contributed by atoms with E-state index in [1.165, 1.54) is 0 Å². The summed E-state index contributed by atoms with van der Waals surface area (Å²) >= 11 is 0. The van der Waals surface area contributed by atoms with E-state index in [0.717, 1.165) is 16.3 Å². The lowest BCUT2D eigenvalue weighted by molar-refractivity contribution is -0.126. The largest absolute Gasteiger partial charge is 0.387 e. The van der Waals surface area contributed by atoms with Gasteiger partial charge >= 0.3 is 0 Å². The third kappa shape index (κ3) is 3.09. The van der Waals surface area contributed by atoms with Crippen molar-refractivity contribution in [3.05, 3.63) is 48.0 Å². The van der Waals surface area contributed by atoms with Gasteiger partial charge in [-0.3, -0.25) is 9.59 Å². The van der Waals surface area contributed by atoms with Gasteiger partial charge in [0, 0.05) is 13.0 Å². The summed E-state index contributed by atoms with van der Waals surface area (Å²) in [6.45, 7) is 0.129. The van der Waals surface area contributed by atoms with Crippen molar-refractivity contribution in [3.8, 4) is 0 Å². The van der Waals surface area contributed by atoms with Gasteiger partial charge in [-0.1, -0.05) is 36.4 Å². The monoisotopic (exact) mass is 298 g/mol. The van der Waals surface area contributed by atoms with Crippen LogP contribution in [0.15, 0.2) is 42.5 Å². The molecule has 1 fully saturated rings. The lowest BCUT2D eigenvalue weighted by Crippen LogP contribution is -2.42. The Morgan fingerprint density at radius 3 is 2.77 bits per heavy atom. The summed E-state index contributed by atoms with van der Waals surface area (Å²) in [5.41, 5.74) is 0.759. The van der Waals surface area contributed by atoms with Crippen molar-refractivity contribution in [2.45, 2.75) is 25.0 Å². The second-order valence-electron chi connectivity index (χ2n) is 5.53. The minimum absolute atomic E-state index is 0.102. The fraction of sp³-hybridized carbons (Fsp3) is 0.294. The summed E-state index contributed by atoms with van der Waals surface area (Å²) in [5.74, 6) is -0.346. The number of aliphatic hydroxyl groups excluding tert-OH is 1. The van der Waals surface area contributed by atoms with Crippen molar-refractivity contribution in [2.24, 2.45) is 0 Å². The molecule has 1 saturated heterocycles. The Morgan fingerprint density at radius 2 is 2.05 bits per heavy atom. The smallest absolute Gasteiger partial charge is 0.242 e. The maximum Gasteiger partial charge on any atom is 0.242 e. The Bertz CT molecular complexity index is 714. The van der Waals surface area contributed by atoms with Crippen LogP contribution in [0, 0.1) is 0 Å². The first-order valence-electron chi connectivity index (χ1n) is 7.37. The maximum absolute atomic E-state index is 11.9. The van der Waals surface area contributed by atoms with Crippen LogP contribution in [0.5, 0.6) is 0 Å². The fourth-order valence-corrected chi connectivity index (χ4v) is 2.66. The van der Waals surface area contributed by atoms with Crippen LogP contribution in [0.4, 0.5) is 0 Å². The van der Waals surface area contributed by atoms with Crippen LogP contribution in [0.25, 0.3) is 10.8 Å². The molecule has 2 amide bonds. The predicted octanol–water partition coefficient (Wildman–Crippen LogP) is 1.27. The number of aliphatic hydroxyl groups is 1. The topological polar surface area (TPSA) is 78.4 Å². The number of carbonyl (C=O) groups excluding carboxylic acids is 2. The molecule has 0 radical (unpaired) electrons. The highest BCUT2D eigenvalue weighted by Gasteiger charge is 2.27. The molecule has 1 heterocycles. The zero-order chi connectivity index (χ0) is 15.5. The number of fused-ring (bicyclic) bond motifs is 1. The van der Waals surface area contributed by atoms with E-state index in [9.17, 15) is 14.7 Å². The zero-order valence-corrected chi connectivity index (χ0v) is 12.1. The first-order chi connectivity index (χ1) is 10.6. The van der Waals surface area contributed by atoms with Gasteiger partial charge in [0.1, 0.15) is 6.04 Å². The second kappa shape index (κ2) is 6.15. The molecule has 22 heavy (non-hydrogen) atoms. The van der Waals surface area contributed by atoms with Gasteiger partial charge < -0.3 is 15.7 Å². The van der Waals surface area contributed by atoms with E-state index >= 15 is 0 Å². The van der Waals surface area contributed by atoms with Gasteiger partial charge in [-0.05, 0) is 28.8 Å². The number of nitrogens with one attached hydrogen (secondary N) is 2. The van der Waals surface area contributed by atoms with E-state index in [0.29, 0.717) is 12.8 Å². The number of hydrogen-bond donors (Lipinski definition) is 3. The lowest BCUT2D eigenvalue weighted by Gasteiger charge is -2.15. The lowest BCUT2D eigenvalue weighted by atomic mass is 10.0. The van der Waals surface area contributed by atoms with Gasteiger partial charge in [0.05, 0.1) is 6.10 Å². The molecule has 0 unspecified atom stereocenters. The molecule has 114 valence electrons. The summed E-state index contributed by atoms with van der Waals surface area (Å²) in [6.07, 6.45) is 0.118. The Morgan fingerprint density at radius 1 is 1.27 bits per heavy atom. The van der Waals surface area contributed by atoms with Gasteiger partial charge in [-0.15, -0.1) is 0 Å². The molecule has 3 rings (SSSR count). The van der Waals surface area contributed by atoms with Gasteiger partial charge in [0.25, 0.3) is 0 Å². The SMILES string of the molecule is O=C1CC[C@@H](C(=O)NC[C@H](O)c2ccc3ccccc3c2)N1. The van der Waals surface area contributed by atoms with Crippen molar-refractivity contribution in [1.29, 1.82) is 0 Å². The first kappa shape index (κ1) is 14.5. The summed E-state index contributed by atoms with van der Waals surface area (Å²) < 4.78 is 0. The van der Waals surface area contributed by atoms with Gasteiger partial charge in [0.15, 0.2) is 0 Å². The fourth-order valence-electron chi connectivity index (χ4n) is 2.66. The van der Waals surface area contributed by atoms with Crippen molar-refractivity contribution in [1.82, 2.24) is 10.6 Å². The molecule has 0 bridgehead atoms. The van der Waals surface area contributed by atoms with Gasteiger partial charge in [0.2, 0.25) is 11.8 Å². The molecule has 2 aromatic carbocycles. The van der Waals surface area contributed by atoms with Gasteiger partial charge in [-0.2, -0.15) is 0 Å². The number of amides is 2. The minimum Gasteiger partial charge on any atom is -0.387 e. The average molecular weight is 298 g/mol. The highest BCUT2D eigenvalue weighted by molar-refractivity contribution is 5.90. The zero-order valence-electron chi connectivity index (χ0n) is 12.1. The molecule has 2 atom stereocenters. The van der Waals surface area contributed by atoms with E-state index < -0.39 is 12.1 Å². The highest BCUT2D eigenvalue weighted by Crippen LogP contribution is 2.20. The molecule has 0 aliphatic carbocycles. The maximum atomic E-state index is 11.9. The third-order valence-corrected chi connectivity index (χ3v) is 3.94. The van der Waals surface area contributed by atoms with Crippen LogP contribution in [-0.4, -0.2) is 29.5 Å². The summed E-state index contributed by atoms with van der Waals surface area (Å²) in [5, 5.41) is 17.7. The van der Waals surface area contributed by atoms with Crippen LogP contribution in [0.2, 0.25) is 0 Å². The summed E-state index contributed by atoms with van der Waals surface area (Å²) in [6, 6.07) is 13.2. The Balaban J connectivity index is 1.62. The third-order valence-electron chi connectivity index (χ3n) is 3.94. The van der Waals surface area contributed by atoms with Crippen LogP contribution in [0.1, 0.15) is 24.5 Å². The standard InChI is InChI=1S/C17H18N2O3/c20-15(10-18-17(22)14-7-8-16(21)19-14)13-6-5-11-3-1-2-4-12(11)9-13/h1-6,9,14-15,20H,7-8,10H2,(H,18,22)(H,19,21)/t14-,15-/m0/s1. The average Bonchev–Trinajstić information content (AvgIpc) is 2.98. The van der Waals surface area contributed by atoms with E-state index in [2.05, 4.69) is 10.6 Å². The molecule has 0 aromatic heterocycles. The van der Waals surface area contributed by atoms with Crippen LogP contribution in [-0.2, 0) is 9.59 Å². The second-order valence-corrected chi connectivity index (χ2v) is 5.53. The van der Waals surface area contributed by atoms with Crippen LogP contribution >= 0.6 is 0 Å². The Kier molecular flexibility index (Phi) is 4.06. The van der Waals surface area contributed by atoms with Crippen molar-refractivity contribution >= 4 is 22.6 Å². The minimum atomic E-state index is -0.773. The van der Waals surface area contributed by atoms with Crippen LogP contribution < -0.4 is 10.6 Å². The molecular weight excluding hydrogens is 280 g/mol. The van der Waals surface area contributed by atoms with Crippen molar-refractivity contribution in [3.63, 3.8) is 0 Å². The van der Waals surface area contributed by atoms with Gasteiger partial charge in [-0.25, -0.2) is 0 Å². The van der Waals surface area contributed by atoms with E-state index in [4.69, 9.17) is 0 Å². The molecule has 3 N–H and O–H groups in total. The van der Waals surface area contributed by atoms with E-state index in [1.807, 2.05) is 42.5 Å². The predicted molar refractivity (Wildman–Crippen MR) is 83.1 cm³/mol. The molecule has 0 spiro atoms. The first-order valence-corrected chi connectivity index (χ1v) is 7.37. The molecular formula is C17H18N2O3. The Hall–Kier alpha value is -2.40. The normalized spacial score (nSPS) is 19.0. The van der Waals surface area contributed by atoms with Crippen molar-refractivity contribution in [2.75, 3.05) is 6.54 Å². The quantitative estimate of drug-likeness (QED) is 0.795. The molecule has 1 aliphatic rings. The van der Waals surface area contributed by atoms with Crippen molar-refractivity contribution < 1.29 is 14.7 Å². The molecule has 1 aliphatic heterocycles. The summed E-state index contributed by atoms with van der Waals surface area (Å²) in [7, 11) is 0. The number of carbonyl (C=O) groups is 2. The highest BCUT2D eigenvalue weighted by atomic mass is 16.3. The molecule has 2 aromatic rings. The molecule has 5 heteroatoms. The number of hydrogen-bond acceptors (Lipinski definition) is 3. The molecule has 5 nitrogen and oxygen atoms in total. The Labute approximate surface area is 128 Å². The number of benzene rings is 2. The number of rotatable bonds is 4. The molecule has 0 saturated carbocycles.